The first kappa shape index (κ1) is 13.5. The standard InChI is InChI=1S/C15H21N3O/c1-4-11-6-7-15(14(16)8-11)19-10-13-9-12(5-2)17-18(13)3/h6-9H,4-5,10,16H2,1-3H3. The van der Waals surface area contributed by atoms with Gasteiger partial charge in [0.05, 0.1) is 17.1 Å². The van der Waals surface area contributed by atoms with Gasteiger partial charge in [-0.25, -0.2) is 0 Å². The van der Waals surface area contributed by atoms with Crippen LogP contribution in [-0.4, -0.2) is 9.78 Å². The highest BCUT2D eigenvalue weighted by molar-refractivity contribution is 5.54. The number of anilines is 1. The molecular weight excluding hydrogens is 238 g/mol. The summed E-state index contributed by atoms with van der Waals surface area (Å²) in [6.45, 7) is 4.69. The minimum absolute atomic E-state index is 0.485. The van der Waals surface area contributed by atoms with E-state index in [9.17, 15) is 0 Å². The molecule has 1 aromatic carbocycles. The predicted molar refractivity (Wildman–Crippen MR) is 77.2 cm³/mol. The molecule has 19 heavy (non-hydrogen) atoms. The molecule has 0 unspecified atom stereocenters. The third kappa shape index (κ3) is 3.08. The summed E-state index contributed by atoms with van der Waals surface area (Å²) < 4.78 is 7.63. The summed E-state index contributed by atoms with van der Waals surface area (Å²) in [6, 6.07) is 8.02. The van der Waals surface area contributed by atoms with Crippen LogP contribution < -0.4 is 10.5 Å². The number of aryl methyl sites for hydroxylation is 3. The summed E-state index contributed by atoms with van der Waals surface area (Å²) in [5.74, 6) is 0.733. The van der Waals surface area contributed by atoms with E-state index >= 15 is 0 Å². The third-order valence-corrected chi connectivity index (χ3v) is 3.25. The molecule has 0 saturated carbocycles. The maximum absolute atomic E-state index is 5.98. The Morgan fingerprint density at radius 1 is 1.21 bits per heavy atom. The van der Waals surface area contributed by atoms with Gasteiger partial charge >= 0.3 is 0 Å². The van der Waals surface area contributed by atoms with Gasteiger partial charge in [-0.3, -0.25) is 4.68 Å². The second kappa shape index (κ2) is 5.78. The Morgan fingerprint density at radius 3 is 2.58 bits per heavy atom. The van der Waals surface area contributed by atoms with Gasteiger partial charge in [-0.1, -0.05) is 19.9 Å². The number of aromatic nitrogens is 2. The van der Waals surface area contributed by atoms with Gasteiger partial charge < -0.3 is 10.5 Å². The Hall–Kier alpha value is -1.97. The molecule has 0 bridgehead atoms. The number of hydrogen-bond acceptors (Lipinski definition) is 3. The first-order valence-electron chi connectivity index (χ1n) is 6.67. The Kier molecular flexibility index (Phi) is 4.10. The summed E-state index contributed by atoms with van der Waals surface area (Å²) >= 11 is 0. The van der Waals surface area contributed by atoms with E-state index < -0.39 is 0 Å². The minimum Gasteiger partial charge on any atom is -0.485 e. The zero-order valence-corrected chi connectivity index (χ0v) is 11.8. The van der Waals surface area contributed by atoms with E-state index in [1.807, 2.05) is 29.9 Å². The first-order valence-corrected chi connectivity index (χ1v) is 6.67. The molecule has 0 saturated heterocycles. The highest BCUT2D eigenvalue weighted by atomic mass is 16.5. The van der Waals surface area contributed by atoms with Crippen molar-refractivity contribution in [1.29, 1.82) is 0 Å². The van der Waals surface area contributed by atoms with E-state index in [0.717, 1.165) is 30.0 Å². The van der Waals surface area contributed by atoms with Crippen LogP contribution in [0.1, 0.15) is 30.8 Å². The van der Waals surface area contributed by atoms with Gasteiger partial charge in [0, 0.05) is 7.05 Å². The van der Waals surface area contributed by atoms with Crippen LogP contribution in [-0.2, 0) is 26.5 Å². The van der Waals surface area contributed by atoms with Crippen molar-refractivity contribution < 1.29 is 4.74 Å². The molecule has 4 heteroatoms. The quantitative estimate of drug-likeness (QED) is 0.840. The molecule has 1 heterocycles. The van der Waals surface area contributed by atoms with Crippen LogP contribution in [0, 0.1) is 0 Å². The normalized spacial score (nSPS) is 10.7. The highest BCUT2D eigenvalue weighted by Crippen LogP contribution is 2.23. The van der Waals surface area contributed by atoms with Crippen LogP contribution in [0.15, 0.2) is 24.3 Å². The fraction of sp³-hybridized carbons (Fsp3) is 0.400. The van der Waals surface area contributed by atoms with Crippen LogP contribution >= 0.6 is 0 Å². The number of hydrogen-bond donors (Lipinski definition) is 1. The Morgan fingerprint density at radius 2 is 2.00 bits per heavy atom. The van der Waals surface area contributed by atoms with E-state index in [1.54, 1.807) is 0 Å². The van der Waals surface area contributed by atoms with Crippen molar-refractivity contribution in [3.63, 3.8) is 0 Å². The van der Waals surface area contributed by atoms with Crippen molar-refractivity contribution in [1.82, 2.24) is 9.78 Å². The number of nitrogens with zero attached hydrogens (tertiary/aromatic N) is 2. The topological polar surface area (TPSA) is 53.1 Å². The van der Waals surface area contributed by atoms with Crippen LogP contribution in [0.2, 0.25) is 0 Å². The van der Waals surface area contributed by atoms with Crippen LogP contribution in [0.4, 0.5) is 5.69 Å². The molecule has 2 N–H and O–H groups in total. The summed E-state index contributed by atoms with van der Waals surface area (Å²) in [5, 5.41) is 4.40. The second-order valence-electron chi connectivity index (χ2n) is 4.62. The first-order chi connectivity index (χ1) is 9.13. The zero-order chi connectivity index (χ0) is 13.8. The number of rotatable bonds is 5. The summed E-state index contributed by atoms with van der Waals surface area (Å²) in [6.07, 6.45) is 1.91. The van der Waals surface area contributed by atoms with E-state index in [-0.39, 0.29) is 0 Å². The molecule has 0 radical (unpaired) electrons. The number of benzene rings is 1. The number of nitrogen functional groups attached to an aromatic ring is 1. The lowest BCUT2D eigenvalue weighted by molar-refractivity contribution is 0.296. The van der Waals surface area contributed by atoms with Gasteiger partial charge in [0.2, 0.25) is 0 Å². The molecule has 0 aliphatic rings. The summed E-state index contributed by atoms with van der Waals surface area (Å²) in [5.41, 5.74) is 10.0. The van der Waals surface area contributed by atoms with E-state index in [4.69, 9.17) is 10.5 Å². The van der Waals surface area contributed by atoms with E-state index in [0.29, 0.717) is 12.3 Å². The second-order valence-corrected chi connectivity index (χ2v) is 4.62. The van der Waals surface area contributed by atoms with Crippen molar-refractivity contribution in [3.8, 4) is 5.75 Å². The smallest absolute Gasteiger partial charge is 0.142 e. The van der Waals surface area contributed by atoms with Crippen molar-refractivity contribution in [2.45, 2.75) is 33.3 Å². The van der Waals surface area contributed by atoms with E-state index in [2.05, 4.69) is 25.0 Å². The van der Waals surface area contributed by atoms with Crippen molar-refractivity contribution in [3.05, 3.63) is 41.2 Å². The maximum Gasteiger partial charge on any atom is 0.142 e. The van der Waals surface area contributed by atoms with Gasteiger partial charge in [-0.2, -0.15) is 5.10 Å². The van der Waals surface area contributed by atoms with Crippen molar-refractivity contribution >= 4 is 5.69 Å². The average molecular weight is 259 g/mol. The molecule has 0 aliphatic heterocycles. The lowest BCUT2D eigenvalue weighted by Gasteiger charge is -2.10. The fourth-order valence-electron chi connectivity index (χ4n) is 1.98. The molecule has 0 fully saturated rings. The molecule has 0 atom stereocenters. The van der Waals surface area contributed by atoms with Crippen LogP contribution in [0.25, 0.3) is 0 Å². The molecular formula is C15H21N3O. The molecule has 0 aliphatic carbocycles. The number of ether oxygens (including phenoxy) is 1. The largest absolute Gasteiger partial charge is 0.485 e. The van der Waals surface area contributed by atoms with Gasteiger partial charge in [-0.15, -0.1) is 0 Å². The molecule has 0 amide bonds. The van der Waals surface area contributed by atoms with Crippen LogP contribution in [0.3, 0.4) is 0 Å². The van der Waals surface area contributed by atoms with Crippen molar-refractivity contribution in [2.75, 3.05) is 5.73 Å². The van der Waals surface area contributed by atoms with Gasteiger partial charge in [0.15, 0.2) is 0 Å². The van der Waals surface area contributed by atoms with Gasteiger partial charge in [0.1, 0.15) is 12.4 Å². The lowest BCUT2D eigenvalue weighted by Crippen LogP contribution is -2.04. The highest BCUT2D eigenvalue weighted by Gasteiger charge is 2.06. The lowest BCUT2D eigenvalue weighted by atomic mass is 10.1. The molecule has 4 nitrogen and oxygen atoms in total. The fourth-order valence-corrected chi connectivity index (χ4v) is 1.98. The SMILES string of the molecule is CCc1ccc(OCc2cc(CC)nn2C)c(N)c1. The monoisotopic (exact) mass is 259 g/mol. The molecule has 0 spiro atoms. The summed E-state index contributed by atoms with van der Waals surface area (Å²) in [4.78, 5) is 0. The van der Waals surface area contributed by atoms with Gasteiger partial charge in [-0.05, 0) is 36.6 Å². The van der Waals surface area contributed by atoms with E-state index in [1.165, 1.54) is 5.56 Å². The maximum atomic E-state index is 5.98. The van der Waals surface area contributed by atoms with Gasteiger partial charge in [0.25, 0.3) is 0 Å². The molecule has 1 aromatic heterocycles. The zero-order valence-electron chi connectivity index (χ0n) is 11.8. The Balaban J connectivity index is 2.07. The van der Waals surface area contributed by atoms with Crippen LogP contribution in [0.5, 0.6) is 5.75 Å². The molecule has 2 rings (SSSR count). The molecule has 102 valence electrons. The van der Waals surface area contributed by atoms with Crippen molar-refractivity contribution in [2.24, 2.45) is 7.05 Å². The summed E-state index contributed by atoms with van der Waals surface area (Å²) in [7, 11) is 1.93. The average Bonchev–Trinajstić information content (AvgIpc) is 2.78. The Bertz CT molecular complexity index is 561. The molecule has 2 aromatic rings. The minimum atomic E-state index is 0.485. The number of nitrogens with two attached hydrogens (primary N) is 1. The third-order valence-electron chi connectivity index (χ3n) is 3.25. The predicted octanol–water partition coefficient (Wildman–Crippen LogP) is 2.71. The Labute approximate surface area is 114 Å².